The van der Waals surface area contributed by atoms with Gasteiger partial charge in [0, 0.05) is 41.8 Å². The molecule has 3 aromatic rings. The lowest BCUT2D eigenvalue weighted by Gasteiger charge is -2.43. The standard InChI is InChI=1S/C32H36ClN5O5/c1-19(2)38-16-21(34-35-38)18-43-28-12-11-26(33)25-13-14-37(31(40)23-9-5-6-10-24(23)32(41)42)27(29(25)28)17-36-15-20-7-3-4-8-22(20)30(36)39/h3-4,7-8,11-12,16,19,23-24,27H,5-6,9-10,13-15,17-18H2,1-2H3,(H,41,42)/t23?,24?,27-/m1/s1. The molecule has 0 radical (unpaired) electrons. The summed E-state index contributed by atoms with van der Waals surface area (Å²) in [5, 5.41) is 18.9. The van der Waals surface area contributed by atoms with Crippen molar-refractivity contribution in [2.24, 2.45) is 11.8 Å². The summed E-state index contributed by atoms with van der Waals surface area (Å²) in [6, 6.07) is 10.7. The second-order valence-corrected chi connectivity index (χ2v) is 12.4. The van der Waals surface area contributed by atoms with Crippen LogP contribution in [0.5, 0.6) is 5.75 Å². The van der Waals surface area contributed by atoms with Gasteiger partial charge in [0.05, 0.1) is 24.1 Å². The summed E-state index contributed by atoms with van der Waals surface area (Å²) in [7, 11) is 0. The molecule has 226 valence electrons. The van der Waals surface area contributed by atoms with Crippen molar-refractivity contribution >= 4 is 29.4 Å². The molecule has 0 spiro atoms. The molecule has 1 N–H and O–H groups in total. The Balaban J connectivity index is 1.37. The summed E-state index contributed by atoms with van der Waals surface area (Å²) < 4.78 is 8.11. The van der Waals surface area contributed by atoms with Crippen molar-refractivity contribution in [2.75, 3.05) is 13.1 Å². The van der Waals surface area contributed by atoms with Gasteiger partial charge in [-0.2, -0.15) is 0 Å². The van der Waals surface area contributed by atoms with Gasteiger partial charge in [0.25, 0.3) is 5.91 Å². The third-order valence-corrected chi connectivity index (χ3v) is 9.36. The number of nitrogens with zero attached hydrogens (tertiary/aromatic N) is 5. The highest BCUT2D eigenvalue weighted by Gasteiger charge is 2.44. The molecule has 3 atom stereocenters. The van der Waals surface area contributed by atoms with Crippen molar-refractivity contribution in [3.05, 3.63) is 75.6 Å². The molecule has 2 amide bonds. The number of carboxylic acids is 1. The Morgan fingerprint density at radius 1 is 1.12 bits per heavy atom. The number of fused-ring (bicyclic) bond motifs is 2. The van der Waals surface area contributed by atoms with Gasteiger partial charge in [-0.25, -0.2) is 4.68 Å². The zero-order chi connectivity index (χ0) is 30.2. The highest BCUT2D eigenvalue weighted by molar-refractivity contribution is 6.31. The number of hydrogen-bond acceptors (Lipinski definition) is 6. The first-order valence-electron chi connectivity index (χ1n) is 15.0. The quantitative estimate of drug-likeness (QED) is 0.381. The minimum atomic E-state index is -0.932. The smallest absolute Gasteiger partial charge is 0.307 e. The highest BCUT2D eigenvalue weighted by atomic mass is 35.5. The van der Waals surface area contributed by atoms with Crippen molar-refractivity contribution < 1.29 is 24.2 Å². The summed E-state index contributed by atoms with van der Waals surface area (Å²) in [5.74, 6) is -1.98. The fourth-order valence-electron chi connectivity index (χ4n) is 6.75. The molecule has 43 heavy (non-hydrogen) atoms. The minimum absolute atomic E-state index is 0.0917. The molecule has 0 bridgehead atoms. The van der Waals surface area contributed by atoms with E-state index in [4.69, 9.17) is 16.3 Å². The fraction of sp³-hybridized carbons (Fsp3) is 0.469. The maximum Gasteiger partial charge on any atom is 0.307 e. The maximum atomic E-state index is 14.3. The van der Waals surface area contributed by atoms with Crippen molar-refractivity contribution in [2.45, 2.75) is 71.2 Å². The van der Waals surface area contributed by atoms with E-state index in [9.17, 15) is 19.5 Å². The average molecular weight is 606 g/mol. The Morgan fingerprint density at radius 3 is 2.60 bits per heavy atom. The van der Waals surface area contributed by atoms with Crippen LogP contribution in [0.3, 0.4) is 0 Å². The average Bonchev–Trinajstić information content (AvgIpc) is 3.61. The van der Waals surface area contributed by atoms with Crippen molar-refractivity contribution in [3.63, 3.8) is 0 Å². The van der Waals surface area contributed by atoms with E-state index in [0.717, 1.165) is 29.5 Å². The lowest BCUT2D eigenvalue weighted by atomic mass is 9.77. The number of amides is 2. The number of carboxylic acid groups (broad SMARTS) is 1. The SMILES string of the molecule is CC(C)n1cc(COc2ccc(Cl)c3c2[C@@H](CN2Cc4ccccc4C2=O)N(C(=O)C2CCCCC2C(=O)O)CC3)nn1. The summed E-state index contributed by atoms with van der Waals surface area (Å²) in [6.45, 7) is 5.24. The first kappa shape index (κ1) is 29.2. The molecule has 6 rings (SSSR count). The Kier molecular flexibility index (Phi) is 8.13. The summed E-state index contributed by atoms with van der Waals surface area (Å²) in [4.78, 5) is 43.5. The Hall–Kier alpha value is -3.92. The van der Waals surface area contributed by atoms with Gasteiger partial charge in [-0.05, 0) is 62.4 Å². The molecule has 1 aromatic heterocycles. The van der Waals surface area contributed by atoms with Gasteiger partial charge < -0.3 is 19.6 Å². The third-order valence-electron chi connectivity index (χ3n) is 9.01. The van der Waals surface area contributed by atoms with Crippen LogP contribution in [0.15, 0.2) is 42.6 Å². The monoisotopic (exact) mass is 605 g/mol. The predicted octanol–water partition coefficient (Wildman–Crippen LogP) is 5.06. The molecule has 1 fully saturated rings. The van der Waals surface area contributed by atoms with Crippen LogP contribution in [-0.2, 0) is 29.2 Å². The summed E-state index contributed by atoms with van der Waals surface area (Å²) in [6.07, 6.45) is 4.96. The van der Waals surface area contributed by atoms with Gasteiger partial charge >= 0.3 is 5.97 Å². The number of carbonyl (C=O) groups excluding carboxylic acids is 2. The molecule has 10 nitrogen and oxygen atoms in total. The van der Waals surface area contributed by atoms with Crippen LogP contribution in [-0.4, -0.2) is 60.8 Å². The molecule has 2 aliphatic heterocycles. The summed E-state index contributed by atoms with van der Waals surface area (Å²) >= 11 is 6.75. The number of halogens is 1. The van der Waals surface area contributed by atoms with E-state index in [1.165, 1.54) is 0 Å². The lowest BCUT2D eigenvalue weighted by molar-refractivity contribution is -0.153. The van der Waals surface area contributed by atoms with Crippen LogP contribution >= 0.6 is 11.6 Å². The largest absolute Gasteiger partial charge is 0.487 e. The van der Waals surface area contributed by atoms with E-state index >= 15 is 0 Å². The zero-order valence-electron chi connectivity index (χ0n) is 24.4. The van der Waals surface area contributed by atoms with Gasteiger partial charge in [-0.1, -0.05) is 47.9 Å². The van der Waals surface area contributed by atoms with Gasteiger partial charge in [0.2, 0.25) is 5.91 Å². The van der Waals surface area contributed by atoms with Gasteiger partial charge in [0.1, 0.15) is 18.1 Å². The number of carbonyl (C=O) groups is 3. The van der Waals surface area contributed by atoms with E-state index < -0.39 is 23.8 Å². The highest BCUT2D eigenvalue weighted by Crippen LogP contribution is 2.43. The number of aromatic nitrogens is 3. The van der Waals surface area contributed by atoms with Crippen LogP contribution < -0.4 is 4.74 Å². The van der Waals surface area contributed by atoms with Crippen LogP contribution in [0.4, 0.5) is 0 Å². The third kappa shape index (κ3) is 5.60. The molecule has 0 saturated heterocycles. The van der Waals surface area contributed by atoms with Crippen LogP contribution in [0.25, 0.3) is 0 Å². The van der Waals surface area contributed by atoms with E-state index in [2.05, 4.69) is 10.3 Å². The number of aliphatic carboxylic acids is 1. The Labute approximate surface area is 255 Å². The topological polar surface area (TPSA) is 118 Å². The van der Waals surface area contributed by atoms with E-state index in [1.54, 1.807) is 26.6 Å². The molecule has 2 unspecified atom stereocenters. The van der Waals surface area contributed by atoms with Crippen molar-refractivity contribution in [1.29, 1.82) is 0 Å². The van der Waals surface area contributed by atoms with Gasteiger partial charge in [0.15, 0.2) is 0 Å². The second-order valence-electron chi connectivity index (χ2n) is 12.0. The fourth-order valence-corrected chi connectivity index (χ4v) is 7.01. The predicted molar refractivity (Wildman–Crippen MR) is 159 cm³/mol. The second kappa shape index (κ2) is 12.0. The van der Waals surface area contributed by atoms with E-state index in [0.29, 0.717) is 54.4 Å². The zero-order valence-corrected chi connectivity index (χ0v) is 25.2. The number of ether oxygens (including phenoxy) is 1. The van der Waals surface area contributed by atoms with Gasteiger partial charge in [-0.3, -0.25) is 14.4 Å². The molecule has 1 aliphatic carbocycles. The first-order valence-corrected chi connectivity index (χ1v) is 15.4. The molecule has 11 heteroatoms. The Bertz CT molecular complexity index is 1550. The van der Waals surface area contributed by atoms with Crippen LogP contribution in [0.2, 0.25) is 5.02 Å². The minimum Gasteiger partial charge on any atom is -0.487 e. The van der Waals surface area contributed by atoms with Crippen molar-refractivity contribution in [1.82, 2.24) is 24.8 Å². The molecule has 1 saturated carbocycles. The molecule has 2 aromatic carbocycles. The molecule has 3 heterocycles. The molecule has 3 aliphatic rings. The maximum absolute atomic E-state index is 14.3. The number of hydrogen-bond donors (Lipinski definition) is 1. The first-order chi connectivity index (χ1) is 20.7. The van der Waals surface area contributed by atoms with Crippen molar-refractivity contribution in [3.8, 4) is 5.75 Å². The molecular formula is C32H36ClN5O5. The summed E-state index contributed by atoms with van der Waals surface area (Å²) in [5.41, 5.74) is 3.90. The normalized spacial score (nSPS) is 21.6. The lowest BCUT2D eigenvalue weighted by Crippen LogP contribution is -2.50. The van der Waals surface area contributed by atoms with Crippen LogP contribution in [0, 0.1) is 11.8 Å². The molecular weight excluding hydrogens is 570 g/mol. The number of rotatable bonds is 8. The Morgan fingerprint density at radius 2 is 1.88 bits per heavy atom. The van der Waals surface area contributed by atoms with E-state index in [-0.39, 0.29) is 31.0 Å². The van der Waals surface area contributed by atoms with Crippen LogP contribution in [0.1, 0.15) is 84.4 Å². The van der Waals surface area contributed by atoms with E-state index in [1.807, 2.05) is 44.3 Å². The number of benzene rings is 2. The van der Waals surface area contributed by atoms with Gasteiger partial charge in [-0.15, -0.1) is 5.10 Å².